The second-order valence-corrected chi connectivity index (χ2v) is 6.79. The lowest BCUT2D eigenvalue weighted by molar-refractivity contribution is 0.415. The van der Waals surface area contributed by atoms with Gasteiger partial charge in [0.1, 0.15) is 11.6 Å². The number of fused-ring (bicyclic) bond motifs is 1. The number of nitrogens with zero attached hydrogens (tertiary/aromatic N) is 1. The van der Waals surface area contributed by atoms with Crippen LogP contribution in [0.3, 0.4) is 0 Å². The van der Waals surface area contributed by atoms with E-state index >= 15 is 0 Å². The molecular weight excluding hydrogens is 308 g/mol. The van der Waals surface area contributed by atoms with Crippen LogP contribution in [0.25, 0.3) is 22.0 Å². The molecule has 1 aliphatic carbocycles. The van der Waals surface area contributed by atoms with Crippen LogP contribution in [-0.2, 0) is 0 Å². The average Bonchev–Trinajstić information content (AvgIpc) is 2.69. The third-order valence-corrected chi connectivity index (χ3v) is 5.05. The smallest absolute Gasteiger partial charge is 0.134 e. The molecular formula is C22H24N2O. The van der Waals surface area contributed by atoms with Crippen molar-refractivity contribution in [1.29, 1.82) is 0 Å². The van der Waals surface area contributed by atoms with Gasteiger partial charge in [-0.25, -0.2) is 4.98 Å². The highest BCUT2D eigenvalue weighted by molar-refractivity contribution is 5.95. The number of hydrogen-bond acceptors (Lipinski definition) is 3. The van der Waals surface area contributed by atoms with E-state index in [1.807, 2.05) is 12.1 Å². The number of methoxy groups -OCH3 is 1. The van der Waals surface area contributed by atoms with Gasteiger partial charge in [0, 0.05) is 17.0 Å². The summed E-state index contributed by atoms with van der Waals surface area (Å²) in [4.78, 5) is 4.97. The van der Waals surface area contributed by atoms with E-state index in [-0.39, 0.29) is 0 Å². The van der Waals surface area contributed by atoms with Gasteiger partial charge in [0.15, 0.2) is 0 Å². The van der Waals surface area contributed by atoms with Crippen molar-refractivity contribution in [1.82, 2.24) is 4.98 Å². The molecule has 1 saturated carbocycles. The maximum atomic E-state index is 5.42. The predicted octanol–water partition coefficient (Wildman–Crippen LogP) is 5.66. The van der Waals surface area contributed by atoms with Crippen molar-refractivity contribution in [2.45, 2.75) is 38.1 Å². The van der Waals surface area contributed by atoms with Crippen LogP contribution >= 0.6 is 0 Å². The van der Waals surface area contributed by atoms with Crippen LogP contribution in [0.4, 0.5) is 5.82 Å². The third kappa shape index (κ3) is 3.46. The molecule has 1 aromatic heterocycles. The van der Waals surface area contributed by atoms with Gasteiger partial charge in [-0.05, 0) is 42.5 Å². The minimum Gasteiger partial charge on any atom is -0.497 e. The Morgan fingerprint density at radius 2 is 1.76 bits per heavy atom. The number of aromatic nitrogens is 1. The molecule has 0 amide bonds. The predicted molar refractivity (Wildman–Crippen MR) is 104 cm³/mol. The summed E-state index contributed by atoms with van der Waals surface area (Å²) in [5, 5.41) is 6.04. The Balaban J connectivity index is 1.80. The molecule has 25 heavy (non-hydrogen) atoms. The summed E-state index contributed by atoms with van der Waals surface area (Å²) in [6.07, 6.45) is 6.43. The van der Waals surface area contributed by atoms with Crippen molar-refractivity contribution >= 4 is 16.6 Å². The van der Waals surface area contributed by atoms with Crippen LogP contribution in [0.1, 0.15) is 32.1 Å². The Bertz CT molecular complexity index is 855. The summed E-state index contributed by atoms with van der Waals surface area (Å²) >= 11 is 0. The fourth-order valence-electron chi connectivity index (χ4n) is 3.67. The minimum absolute atomic E-state index is 0.526. The standard InChI is InChI=1S/C22H24N2O/c1-25-19-12-13-20-17(14-19)15-21(16-8-4-2-5-9-16)24-22(20)23-18-10-6-3-7-11-18/h2,4-5,8-9,12-15,18H,3,6-7,10-11H2,1H3,(H,23,24). The lowest BCUT2D eigenvalue weighted by Gasteiger charge is -2.24. The van der Waals surface area contributed by atoms with Gasteiger partial charge in [0.2, 0.25) is 0 Å². The normalized spacial score (nSPS) is 15.2. The lowest BCUT2D eigenvalue weighted by Crippen LogP contribution is -2.23. The van der Waals surface area contributed by atoms with Crippen molar-refractivity contribution in [2.24, 2.45) is 0 Å². The first-order valence-corrected chi connectivity index (χ1v) is 9.14. The molecule has 0 saturated heterocycles. The maximum absolute atomic E-state index is 5.42. The quantitative estimate of drug-likeness (QED) is 0.670. The molecule has 0 atom stereocenters. The summed E-state index contributed by atoms with van der Waals surface area (Å²) in [6, 6.07) is 19.3. The number of rotatable bonds is 4. The van der Waals surface area contributed by atoms with Gasteiger partial charge >= 0.3 is 0 Å². The van der Waals surface area contributed by atoms with Gasteiger partial charge in [0.25, 0.3) is 0 Å². The van der Waals surface area contributed by atoms with Gasteiger partial charge in [-0.3, -0.25) is 0 Å². The van der Waals surface area contributed by atoms with E-state index in [2.05, 4.69) is 47.8 Å². The molecule has 0 unspecified atom stereocenters. The Kier molecular flexibility index (Phi) is 4.55. The van der Waals surface area contributed by atoms with Crippen molar-refractivity contribution in [3.8, 4) is 17.0 Å². The maximum Gasteiger partial charge on any atom is 0.134 e. The van der Waals surface area contributed by atoms with Gasteiger partial charge in [0.05, 0.1) is 12.8 Å². The van der Waals surface area contributed by atoms with Crippen LogP contribution in [-0.4, -0.2) is 18.1 Å². The SMILES string of the molecule is COc1ccc2c(NC3CCCCC3)nc(-c3ccccc3)cc2c1. The highest BCUT2D eigenvalue weighted by Gasteiger charge is 2.16. The van der Waals surface area contributed by atoms with Crippen LogP contribution in [0.2, 0.25) is 0 Å². The van der Waals surface area contributed by atoms with E-state index in [1.165, 1.54) is 32.1 Å². The van der Waals surface area contributed by atoms with E-state index < -0.39 is 0 Å². The van der Waals surface area contributed by atoms with Crippen LogP contribution in [0.5, 0.6) is 5.75 Å². The molecule has 128 valence electrons. The zero-order valence-electron chi connectivity index (χ0n) is 14.7. The minimum atomic E-state index is 0.526. The van der Waals surface area contributed by atoms with Crippen molar-refractivity contribution in [3.63, 3.8) is 0 Å². The molecule has 1 N–H and O–H groups in total. The van der Waals surface area contributed by atoms with Gasteiger partial charge in [-0.1, -0.05) is 49.6 Å². The molecule has 1 fully saturated rings. The van der Waals surface area contributed by atoms with Crippen LogP contribution < -0.4 is 10.1 Å². The number of ether oxygens (including phenoxy) is 1. The monoisotopic (exact) mass is 332 g/mol. The van der Waals surface area contributed by atoms with Crippen LogP contribution in [0, 0.1) is 0 Å². The van der Waals surface area contributed by atoms with E-state index in [1.54, 1.807) is 7.11 Å². The number of hydrogen-bond donors (Lipinski definition) is 1. The Hall–Kier alpha value is -2.55. The zero-order valence-corrected chi connectivity index (χ0v) is 14.7. The molecule has 2 aromatic carbocycles. The Morgan fingerprint density at radius 1 is 0.960 bits per heavy atom. The van der Waals surface area contributed by atoms with Gasteiger partial charge in [-0.15, -0.1) is 0 Å². The third-order valence-electron chi connectivity index (χ3n) is 5.05. The highest BCUT2D eigenvalue weighted by Crippen LogP contribution is 2.32. The van der Waals surface area contributed by atoms with Crippen molar-refractivity contribution < 1.29 is 4.74 Å². The Labute approximate surface area is 149 Å². The topological polar surface area (TPSA) is 34.1 Å². The molecule has 3 heteroatoms. The molecule has 1 aliphatic rings. The first-order valence-electron chi connectivity index (χ1n) is 9.14. The molecule has 1 heterocycles. The zero-order chi connectivity index (χ0) is 17.1. The van der Waals surface area contributed by atoms with Crippen LogP contribution in [0.15, 0.2) is 54.6 Å². The second kappa shape index (κ2) is 7.14. The first kappa shape index (κ1) is 15.9. The van der Waals surface area contributed by atoms with E-state index in [9.17, 15) is 0 Å². The highest BCUT2D eigenvalue weighted by atomic mass is 16.5. The summed E-state index contributed by atoms with van der Waals surface area (Å²) in [6.45, 7) is 0. The molecule has 0 radical (unpaired) electrons. The number of nitrogens with one attached hydrogen (secondary N) is 1. The van der Waals surface area contributed by atoms with E-state index in [0.29, 0.717) is 6.04 Å². The average molecular weight is 332 g/mol. The Morgan fingerprint density at radius 3 is 2.52 bits per heavy atom. The summed E-state index contributed by atoms with van der Waals surface area (Å²) < 4.78 is 5.42. The largest absolute Gasteiger partial charge is 0.497 e. The van der Waals surface area contributed by atoms with E-state index in [0.717, 1.165) is 33.6 Å². The van der Waals surface area contributed by atoms with Gasteiger partial charge in [-0.2, -0.15) is 0 Å². The van der Waals surface area contributed by atoms with E-state index in [4.69, 9.17) is 9.72 Å². The summed E-state index contributed by atoms with van der Waals surface area (Å²) in [5.74, 6) is 1.87. The van der Waals surface area contributed by atoms with Crippen molar-refractivity contribution in [3.05, 3.63) is 54.6 Å². The summed E-state index contributed by atoms with van der Waals surface area (Å²) in [7, 11) is 1.71. The summed E-state index contributed by atoms with van der Waals surface area (Å²) in [5.41, 5.74) is 2.14. The molecule has 3 nitrogen and oxygen atoms in total. The fourth-order valence-corrected chi connectivity index (χ4v) is 3.67. The molecule has 0 spiro atoms. The molecule has 0 aliphatic heterocycles. The molecule has 0 bridgehead atoms. The second-order valence-electron chi connectivity index (χ2n) is 6.79. The fraction of sp³-hybridized carbons (Fsp3) is 0.318. The lowest BCUT2D eigenvalue weighted by atomic mass is 9.95. The number of anilines is 1. The number of pyridine rings is 1. The van der Waals surface area contributed by atoms with Gasteiger partial charge < -0.3 is 10.1 Å². The molecule has 4 rings (SSSR count). The van der Waals surface area contributed by atoms with Crippen molar-refractivity contribution in [2.75, 3.05) is 12.4 Å². The first-order chi connectivity index (χ1) is 12.3. The number of benzene rings is 2. The molecule has 3 aromatic rings.